The zero-order chi connectivity index (χ0) is 16.0. The molecule has 0 aromatic rings. The molecule has 1 N–H and O–H groups in total. The van der Waals surface area contributed by atoms with Crippen LogP contribution in [0.5, 0.6) is 0 Å². The maximum absolute atomic E-state index is 11.9. The Hall–Kier alpha value is -1.19. The van der Waals surface area contributed by atoms with E-state index in [0.717, 1.165) is 12.8 Å². The second kappa shape index (κ2) is 7.89. The lowest BCUT2D eigenvalue weighted by atomic mass is 9.98. The molecule has 126 valence electrons. The lowest BCUT2D eigenvalue weighted by Gasteiger charge is -2.33. The number of carbonyl (C=O) groups is 1. The minimum Gasteiger partial charge on any atom is -0.444 e. The van der Waals surface area contributed by atoms with Crippen molar-refractivity contribution in [3.8, 4) is 0 Å². The first kappa shape index (κ1) is 17.2. The summed E-state index contributed by atoms with van der Waals surface area (Å²) in [5.74, 6) is 0. The van der Waals surface area contributed by atoms with Crippen molar-refractivity contribution in [1.29, 1.82) is 0 Å². The van der Waals surface area contributed by atoms with Crippen LogP contribution in [0.4, 0.5) is 4.79 Å². The third-order valence-corrected chi connectivity index (χ3v) is 4.36. The number of allylic oxidation sites excluding steroid dienone is 1. The normalized spacial score (nSPS) is 26.4. The molecule has 1 amide bonds. The van der Waals surface area contributed by atoms with Gasteiger partial charge in [0.15, 0.2) is 0 Å². The monoisotopic (exact) mass is 308 g/mol. The molecule has 0 aromatic carbocycles. The van der Waals surface area contributed by atoms with Crippen LogP contribution in [0, 0.1) is 0 Å². The quantitative estimate of drug-likeness (QED) is 0.830. The molecule has 0 spiro atoms. The summed E-state index contributed by atoms with van der Waals surface area (Å²) in [6.45, 7) is 8.11. The van der Waals surface area contributed by atoms with Crippen molar-refractivity contribution in [1.82, 2.24) is 10.2 Å². The number of nitrogens with one attached hydrogen (secondary N) is 1. The Balaban J connectivity index is 1.89. The summed E-state index contributed by atoms with van der Waals surface area (Å²) in [5, 5.41) is 3.04. The number of amides is 1. The van der Waals surface area contributed by atoms with Crippen LogP contribution in [-0.4, -0.2) is 35.7 Å². The largest absolute Gasteiger partial charge is 0.444 e. The Morgan fingerprint density at radius 2 is 1.91 bits per heavy atom. The van der Waals surface area contributed by atoms with E-state index in [9.17, 15) is 4.79 Å². The molecule has 1 unspecified atom stereocenters. The summed E-state index contributed by atoms with van der Waals surface area (Å²) in [6, 6.07) is 0.204. The highest BCUT2D eigenvalue weighted by molar-refractivity contribution is 5.68. The van der Waals surface area contributed by atoms with E-state index in [2.05, 4.69) is 16.3 Å². The van der Waals surface area contributed by atoms with Gasteiger partial charge < -0.3 is 15.0 Å². The topological polar surface area (TPSA) is 41.6 Å². The molecule has 22 heavy (non-hydrogen) atoms. The molecule has 2 aliphatic rings. The summed E-state index contributed by atoms with van der Waals surface area (Å²) in [4.78, 5) is 14.5. The molecule has 0 aromatic heterocycles. The van der Waals surface area contributed by atoms with Crippen molar-refractivity contribution >= 4 is 6.09 Å². The zero-order valence-electron chi connectivity index (χ0n) is 14.5. The molecule has 1 aliphatic carbocycles. The van der Waals surface area contributed by atoms with E-state index in [0.29, 0.717) is 0 Å². The third-order valence-electron chi connectivity index (χ3n) is 4.36. The number of ether oxygens (including phenoxy) is 1. The van der Waals surface area contributed by atoms with Gasteiger partial charge in [-0.05, 0) is 65.7 Å². The van der Waals surface area contributed by atoms with Gasteiger partial charge in [0.1, 0.15) is 5.60 Å². The number of nitrogens with zero attached hydrogens (tertiary/aromatic N) is 1. The lowest BCUT2D eigenvalue weighted by molar-refractivity contribution is 0.0501. The maximum Gasteiger partial charge on any atom is 0.407 e. The van der Waals surface area contributed by atoms with Crippen LogP contribution in [0.15, 0.2) is 11.8 Å². The number of alkyl carbamates (subject to hydrolysis) is 1. The predicted octanol–water partition coefficient (Wildman–Crippen LogP) is 4.21. The summed E-state index contributed by atoms with van der Waals surface area (Å²) in [7, 11) is 0. The van der Waals surface area contributed by atoms with E-state index in [-0.39, 0.29) is 12.1 Å². The van der Waals surface area contributed by atoms with Gasteiger partial charge in [0, 0.05) is 24.8 Å². The van der Waals surface area contributed by atoms with E-state index in [4.69, 9.17) is 4.74 Å². The first-order chi connectivity index (χ1) is 10.4. The molecule has 1 aliphatic heterocycles. The van der Waals surface area contributed by atoms with Crippen LogP contribution >= 0.6 is 0 Å². The van der Waals surface area contributed by atoms with Crippen LogP contribution in [0.2, 0.25) is 0 Å². The zero-order valence-corrected chi connectivity index (χ0v) is 14.5. The van der Waals surface area contributed by atoms with Crippen molar-refractivity contribution in [3.05, 3.63) is 11.8 Å². The Morgan fingerprint density at radius 3 is 2.59 bits per heavy atom. The molecular weight excluding hydrogens is 276 g/mol. The summed E-state index contributed by atoms with van der Waals surface area (Å²) < 4.78 is 5.37. The molecule has 0 bridgehead atoms. The Morgan fingerprint density at radius 1 is 1.18 bits per heavy atom. The van der Waals surface area contributed by atoms with Crippen LogP contribution in [0.25, 0.3) is 0 Å². The van der Waals surface area contributed by atoms with E-state index in [1.54, 1.807) is 0 Å². The van der Waals surface area contributed by atoms with Gasteiger partial charge in [-0.15, -0.1) is 0 Å². The molecule has 4 nitrogen and oxygen atoms in total. The second-order valence-electron chi connectivity index (χ2n) is 7.57. The molecule has 1 atom stereocenters. The number of rotatable bonds is 2. The third kappa shape index (κ3) is 5.90. The van der Waals surface area contributed by atoms with E-state index >= 15 is 0 Å². The highest BCUT2D eigenvalue weighted by atomic mass is 16.6. The molecule has 1 saturated heterocycles. The van der Waals surface area contributed by atoms with Crippen LogP contribution in [0.3, 0.4) is 0 Å². The number of piperidine rings is 1. The average Bonchev–Trinajstić information content (AvgIpc) is 2.41. The lowest BCUT2D eigenvalue weighted by Crippen LogP contribution is -2.39. The smallest absolute Gasteiger partial charge is 0.407 e. The van der Waals surface area contributed by atoms with Gasteiger partial charge in [-0.2, -0.15) is 0 Å². The van der Waals surface area contributed by atoms with Gasteiger partial charge in [0.2, 0.25) is 0 Å². The molecular formula is C18H32N2O2. The number of hydrogen-bond acceptors (Lipinski definition) is 3. The van der Waals surface area contributed by atoms with Crippen LogP contribution < -0.4 is 5.32 Å². The first-order valence-corrected chi connectivity index (χ1v) is 8.87. The molecule has 4 heteroatoms. The van der Waals surface area contributed by atoms with Gasteiger partial charge in [-0.1, -0.05) is 12.5 Å². The van der Waals surface area contributed by atoms with Crippen molar-refractivity contribution in [2.75, 3.05) is 13.1 Å². The Bertz CT molecular complexity index is 392. The van der Waals surface area contributed by atoms with Gasteiger partial charge in [-0.3, -0.25) is 0 Å². The van der Waals surface area contributed by atoms with Gasteiger partial charge in [-0.25, -0.2) is 4.79 Å². The van der Waals surface area contributed by atoms with Crippen molar-refractivity contribution in [3.63, 3.8) is 0 Å². The van der Waals surface area contributed by atoms with Crippen molar-refractivity contribution in [2.45, 2.75) is 83.8 Å². The highest BCUT2D eigenvalue weighted by Gasteiger charge is 2.21. The molecule has 0 radical (unpaired) electrons. The fourth-order valence-electron chi connectivity index (χ4n) is 3.27. The van der Waals surface area contributed by atoms with Gasteiger partial charge >= 0.3 is 6.09 Å². The van der Waals surface area contributed by atoms with E-state index in [1.165, 1.54) is 57.3 Å². The van der Waals surface area contributed by atoms with Crippen molar-refractivity contribution in [2.24, 2.45) is 0 Å². The van der Waals surface area contributed by atoms with Crippen molar-refractivity contribution < 1.29 is 9.53 Å². The highest BCUT2D eigenvalue weighted by Crippen LogP contribution is 2.23. The average molecular weight is 308 g/mol. The van der Waals surface area contributed by atoms with E-state index in [1.807, 2.05) is 20.8 Å². The summed E-state index contributed by atoms with van der Waals surface area (Å²) in [5.41, 5.74) is 1.07. The minimum absolute atomic E-state index is 0.204. The predicted molar refractivity (Wildman–Crippen MR) is 89.7 cm³/mol. The fraction of sp³-hybridized carbons (Fsp3) is 0.833. The summed E-state index contributed by atoms with van der Waals surface area (Å²) >= 11 is 0. The Labute approximate surface area is 135 Å². The van der Waals surface area contributed by atoms with Crippen LogP contribution in [0.1, 0.15) is 72.1 Å². The fourth-order valence-corrected chi connectivity index (χ4v) is 3.27. The molecule has 1 fully saturated rings. The molecule has 1 heterocycles. The maximum atomic E-state index is 11.9. The van der Waals surface area contributed by atoms with Crippen LogP contribution in [-0.2, 0) is 4.74 Å². The molecule has 0 saturated carbocycles. The minimum atomic E-state index is -0.430. The number of hydrogen-bond donors (Lipinski definition) is 1. The summed E-state index contributed by atoms with van der Waals surface area (Å²) in [6.07, 6.45) is 11.6. The number of likely N-dealkylation sites (tertiary alicyclic amines) is 1. The van der Waals surface area contributed by atoms with Gasteiger partial charge in [0.25, 0.3) is 0 Å². The SMILES string of the molecule is CC(C)(C)OC(=O)NC1C/C=C(/N2CCCCC2)CCCC1. The Kier molecular flexibility index (Phi) is 6.16. The standard InChI is InChI=1S/C18H32N2O2/c1-18(2,3)22-17(21)19-15-9-5-6-10-16(12-11-15)20-13-7-4-8-14-20/h12,15H,4-11,13-14H2,1-3H3,(H,19,21)/b16-12+. The van der Waals surface area contributed by atoms with Gasteiger partial charge in [0.05, 0.1) is 0 Å². The first-order valence-electron chi connectivity index (χ1n) is 8.87. The van der Waals surface area contributed by atoms with E-state index < -0.39 is 5.60 Å². The molecule has 2 rings (SSSR count). The second-order valence-corrected chi connectivity index (χ2v) is 7.57. The number of carbonyl (C=O) groups excluding carboxylic acids is 1.